The lowest BCUT2D eigenvalue weighted by Crippen LogP contribution is -2.70. The fourth-order valence-corrected chi connectivity index (χ4v) is 2.71. The highest BCUT2D eigenvalue weighted by molar-refractivity contribution is 5.38. The number of hydrogen-bond donors (Lipinski definition) is 1. The van der Waals surface area contributed by atoms with Crippen molar-refractivity contribution in [1.29, 1.82) is 0 Å². The molecule has 1 aromatic carbocycles. The Balaban J connectivity index is 3.50. The number of aliphatic hydroxyl groups is 1. The molecule has 1 unspecified atom stereocenters. The van der Waals surface area contributed by atoms with Gasteiger partial charge in [0.05, 0.1) is 18.1 Å². The number of para-hydroxylation sites is 1. The van der Waals surface area contributed by atoms with Crippen LogP contribution in [0.15, 0.2) is 24.3 Å². The quantitative estimate of drug-likeness (QED) is 0.369. The Morgan fingerprint density at radius 1 is 0.727 bits per heavy atom. The molecular formula is C18H17F13O2. The highest BCUT2D eigenvalue weighted by Crippen LogP contribution is 2.61. The summed E-state index contributed by atoms with van der Waals surface area (Å²) in [7, 11) is 0. The molecule has 0 spiro atoms. The summed E-state index contributed by atoms with van der Waals surface area (Å²) in [5.74, 6) is -38.0. The van der Waals surface area contributed by atoms with Crippen molar-refractivity contribution in [3.8, 4) is 5.75 Å². The molecule has 192 valence electrons. The van der Waals surface area contributed by atoms with Crippen LogP contribution in [0.3, 0.4) is 0 Å². The fourth-order valence-electron chi connectivity index (χ4n) is 2.71. The van der Waals surface area contributed by atoms with E-state index in [0.717, 1.165) is 18.2 Å². The minimum Gasteiger partial charge on any atom is -0.491 e. The summed E-state index contributed by atoms with van der Waals surface area (Å²) in [5, 5.41) is 10.3. The van der Waals surface area contributed by atoms with Crippen LogP contribution in [0.5, 0.6) is 5.75 Å². The van der Waals surface area contributed by atoms with Gasteiger partial charge >= 0.3 is 35.8 Å². The molecular weight excluding hydrogens is 495 g/mol. The summed E-state index contributed by atoms with van der Waals surface area (Å²) in [4.78, 5) is 0. The van der Waals surface area contributed by atoms with Gasteiger partial charge in [0.25, 0.3) is 0 Å². The molecule has 0 fully saturated rings. The van der Waals surface area contributed by atoms with Gasteiger partial charge in [0.2, 0.25) is 0 Å². The molecule has 0 amide bonds. The number of rotatable bonds is 9. The lowest BCUT2D eigenvalue weighted by Gasteiger charge is -2.41. The van der Waals surface area contributed by atoms with Gasteiger partial charge < -0.3 is 9.84 Å². The van der Waals surface area contributed by atoms with E-state index in [9.17, 15) is 62.2 Å². The first-order valence-electron chi connectivity index (χ1n) is 8.81. The molecule has 0 aliphatic rings. The maximum atomic E-state index is 14.2. The van der Waals surface area contributed by atoms with Gasteiger partial charge in [0.15, 0.2) is 0 Å². The summed E-state index contributed by atoms with van der Waals surface area (Å²) in [5.41, 5.74) is -3.93. The number of halogens is 13. The van der Waals surface area contributed by atoms with Crippen molar-refractivity contribution in [3.05, 3.63) is 29.8 Å². The van der Waals surface area contributed by atoms with E-state index in [0.29, 0.717) is 6.92 Å². The molecule has 1 N–H and O–H groups in total. The van der Waals surface area contributed by atoms with Crippen LogP contribution in [0.1, 0.15) is 32.8 Å². The SMILES string of the molecule is CC(C)Oc1ccccc1C(C)(O)CC(F)(F)C(F)(F)C(F)(F)C(F)(F)C(F)(F)C(F)(F)F. The average molecular weight is 512 g/mol. The largest absolute Gasteiger partial charge is 0.491 e. The van der Waals surface area contributed by atoms with Crippen molar-refractivity contribution in [2.75, 3.05) is 0 Å². The zero-order valence-corrected chi connectivity index (χ0v) is 16.9. The second kappa shape index (κ2) is 8.38. The lowest BCUT2D eigenvalue weighted by molar-refractivity contribution is -0.441. The Morgan fingerprint density at radius 2 is 1.15 bits per heavy atom. The Kier molecular flexibility index (Phi) is 7.39. The highest BCUT2D eigenvalue weighted by Gasteiger charge is 2.90. The second-order valence-electron chi connectivity index (χ2n) is 7.61. The smallest absolute Gasteiger partial charge is 0.460 e. The summed E-state index contributed by atoms with van der Waals surface area (Å²) in [6, 6.07) is 4.18. The maximum absolute atomic E-state index is 14.2. The number of benzene rings is 1. The van der Waals surface area contributed by atoms with E-state index in [1.165, 1.54) is 19.9 Å². The van der Waals surface area contributed by atoms with E-state index in [1.807, 2.05) is 0 Å². The lowest BCUT2D eigenvalue weighted by atomic mass is 9.84. The third kappa shape index (κ3) is 4.83. The molecule has 1 rings (SSSR count). The summed E-state index contributed by atoms with van der Waals surface area (Å²) in [6.45, 7) is 3.20. The van der Waals surface area contributed by atoms with Crippen molar-refractivity contribution in [1.82, 2.24) is 0 Å². The first-order valence-corrected chi connectivity index (χ1v) is 8.81. The predicted octanol–water partition coefficient (Wildman–Crippen LogP) is 6.81. The molecule has 15 heteroatoms. The minimum absolute atomic E-state index is 0.375. The highest BCUT2D eigenvalue weighted by atomic mass is 19.4. The van der Waals surface area contributed by atoms with Crippen LogP contribution in [0, 0.1) is 0 Å². The Morgan fingerprint density at radius 3 is 1.58 bits per heavy atom. The van der Waals surface area contributed by atoms with E-state index in [4.69, 9.17) is 4.74 Å². The van der Waals surface area contributed by atoms with Crippen LogP contribution in [0.4, 0.5) is 57.1 Å². The van der Waals surface area contributed by atoms with Gasteiger partial charge in [-0.1, -0.05) is 18.2 Å². The normalized spacial score (nSPS) is 16.7. The fraction of sp³-hybridized carbons (Fsp3) is 0.667. The molecule has 33 heavy (non-hydrogen) atoms. The number of ether oxygens (including phenoxy) is 1. The molecule has 0 heterocycles. The molecule has 0 aliphatic carbocycles. The first kappa shape index (κ1) is 29.1. The van der Waals surface area contributed by atoms with E-state index in [1.54, 1.807) is 0 Å². The van der Waals surface area contributed by atoms with Gasteiger partial charge in [-0.3, -0.25) is 0 Å². The molecule has 0 aromatic heterocycles. The monoisotopic (exact) mass is 512 g/mol. The Bertz CT molecular complexity index is 829. The predicted molar refractivity (Wildman–Crippen MR) is 87.2 cm³/mol. The van der Waals surface area contributed by atoms with Gasteiger partial charge in [0.1, 0.15) is 5.75 Å². The maximum Gasteiger partial charge on any atom is 0.460 e. The molecule has 1 aromatic rings. The second-order valence-corrected chi connectivity index (χ2v) is 7.61. The molecule has 0 bridgehead atoms. The van der Waals surface area contributed by atoms with Crippen LogP contribution in [0.2, 0.25) is 0 Å². The average Bonchev–Trinajstić information content (AvgIpc) is 2.59. The van der Waals surface area contributed by atoms with E-state index in [-0.39, 0.29) is 0 Å². The number of hydrogen-bond acceptors (Lipinski definition) is 2. The van der Waals surface area contributed by atoms with Gasteiger partial charge in [-0.15, -0.1) is 0 Å². The van der Waals surface area contributed by atoms with E-state index < -0.39 is 65.2 Å². The van der Waals surface area contributed by atoms with Crippen LogP contribution < -0.4 is 4.74 Å². The van der Waals surface area contributed by atoms with Gasteiger partial charge in [-0.05, 0) is 26.8 Å². The molecule has 0 aliphatic heterocycles. The van der Waals surface area contributed by atoms with E-state index in [2.05, 4.69) is 0 Å². The zero-order chi connectivity index (χ0) is 26.5. The van der Waals surface area contributed by atoms with Crippen molar-refractivity contribution in [3.63, 3.8) is 0 Å². The summed E-state index contributed by atoms with van der Waals surface area (Å²) in [6.07, 6.45) is -10.9. The van der Waals surface area contributed by atoms with Gasteiger partial charge in [-0.25, -0.2) is 0 Å². The topological polar surface area (TPSA) is 29.5 Å². The van der Waals surface area contributed by atoms with Crippen LogP contribution in [-0.2, 0) is 5.60 Å². The molecule has 0 saturated heterocycles. The van der Waals surface area contributed by atoms with Crippen LogP contribution >= 0.6 is 0 Å². The van der Waals surface area contributed by atoms with E-state index >= 15 is 0 Å². The summed E-state index contributed by atoms with van der Waals surface area (Å²) < 4.78 is 178. The van der Waals surface area contributed by atoms with Crippen molar-refractivity contribution in [2.24, 2.45) is 0 Å². The van der Waals surface area contributed by atoms with Crippen molar-refractivity contribution in [2.45, 2.75) is 74.7 Å². The Hall–Kier alpha value is -1.93. The third-order valence-corrected chi connectivity index (χ3v) is 4.39. The molecule has 0 radical (unpaired) electrons. The van der Waals surface area contributed by atoms with Gasteiger partial charge in [0, 0.05) is 5.56 Å². The standard InChI is InChI=1S/C18H17F13O2/c1-9(2)33-11-7-5-4-6-10(11)12(3,32)8-13(19,20)14(21,22)15(23,24)16(25,26)17(27,28)18(29,30)31/h4-7,9,32H,8H2,1-3H3. The van der Waals surface area contributed by atoms with Gasteiger partial charge in [-0.2, -0.15) is 57.1 Å². The van der Waals surface area contributed by atoms with Crippen molar-refractivity contribution >= 4 is 0 Å². The minimum atomic E-state index is -7.99. The molecule has 2 nitrogen and oxygen atoms in total. The van der Waals surface area contributed by atoms with Crippen molar-refractivity contribution < 1.29 is 66.9 Å². The molecule has 1 atom stereocenters. The van der Waals surface area contributed by atoms with Crippen LogP contribution in [0.25, 0.3) is 0 Å². The number of alkyl halides is 13. The Labute approximate surface area is 178 Å². The first-order chi connectivity index (χ1) is 14.4. The third-order valence-electron chi connectivity index (χ3n) is 4.39. The zero-order valence-electron chi connectivity index (χ0n) is 16.9. The summed E-state index contributed by atoms with van der Waals surface area (Å²) >= 11 is 0. The van der Waals surface area contributed by atoms with Crippen LogP contribution in [-0.4, -0.2) is 47.0 Å². The molecule has 0 saturated carbocycles.